The van der Waals surface area contributed by atoms with Gasteiger partial charge in [0.25, 0.3) is 0 Å². The molecule has 18 heavy (non-hydrogen) atoms. The van der Waals surface area contributed by atoms with Crippen LogP contribution in [0, 0.1) is 6.92 Å². The van der Waals surface area contributed by atoms with Gasteiger partial charge < -0.3 is 0 Å². The van der Waals surface area contributed by atoms with E-state index in [2.05, 4.69) is 43.6 Å². The van der Waals surface area contributed by atoms with Crippen molar-refractivity contribution in [3.05, 3.63) is 34.7 Å². The van der Waals surface area contributed by atoms with Crippen LogP contribution in [0.15, 0.2) is 24.3 Å². The van der Waals surface area contributed by atoms with Crippen LogP contribution in [-0.4, -0.2) is 5.60 Å². The first-order valence-electron chi connectivity index (χ1n) is 6.30. The summed E-state index contributed by atoms with van der Waals surface area (Å²) in [4.78, 5) is 7.00. The molecule has 1 heterocycles. The van der Waals surface area contributed by atoms with Crippen LogP contribution in [0.25, 0.3) is 10.1 Å². The molecule has 1 aromatic heterocycles. The van der Waals surface area contributed by atoms with Crippen molar-refractivity contribution in [2.24, 2.45) is 0 Å². The Kier molecular flexibility index (Phi) is 3.76. The molecule has 0 aliphatic heterocycles. The van der Waals surface area contributed by atoms with Crippen LogP contribution in [-0.2, 0) is 4.84 Å². The topological polar surface area (TPSA) is 21.3 Å². The Morgan fingerprint density at radius 1 is 1.22 bits per heavy atom. The second-order valence-electron chi connectivity index (χ2n) is 5.64. The maximum Gasteiger partial charge on any atom is 0.0813 e. The highest BCUT2D eigenvalue weighted by Gasteiger charge is 2.17. The third-order valence-electron chi connectivity index (χ3n) is 2.82. The summed E-state index contributed by atoms with van der Waals surface area (Å²) < 4.78 is 1.34. The number of hydrogen-bond donors (Lipinski definition) is 1. The summed E-state index contributed by atoms with van der Waals surface area (Å²) in [6.45, 7) is 10.5. The molecule has 0 amide bonds. The number of rotatable bonds is 3. The van der Waals surface area contributed by atoms with Crippen LogP contribution < -0.4 is 5.48 Å². The second kappa shape index (κ2) is 5.00. The van der Waals surface area contributed by atoms with E-state index >= 15 is 0 Å². The lowest BCUT2D eigenvalue weighted by Gasteiger charge is -2.23. The van der Waals surface area contributed by atoms with Crippen LogP contribution in [0.2, 0.25) is 0 Å². The van der Waals surface area contributed by atoms with Crippen LogP contribution in [0.1, 0.15) is 44.2 Å². The summed E-state index contributed by atoms with van der Waals surface area (Å²) in [6, 6.07) is 8.75. The van der Waals surface area contributed by atoms with Gasteiger partial charge in [0.1, 0.15) is 0 Å². The second-order valence-corrected chi connectivity index (χ2v) is 6.73. The molecule has 1 N–H and O–H groups in total. The molecule has 98 valence electrons. The number of aryl methyl sites for hydroxylation is 1. The molecular formula is C15H21NOS. The van der Waals surface area contributed by atoms with Gasteiger partial charge in [-0.05, 0) is 51.6 Å². The first-order valence-corrected chi connectivity index (χ1v) is 7.12. The lowest BCUT2D eigenvalue weighted by molar-refractivity contribution is -0.0862. The Morgan fingerprint density at radius 3 is 2.50 bits per heavy atom. The fraction of sp³-hybridized carbons (Fsp3) is 0.467. The minimum atomic E-state index is -0.168. The molecule has 2 aromatic rings. The zero-order chi connectivity index (χ0) is 13.3. The molecule has 0 bridgehead atoms. The lowest BCUT2D eigenvalue weighted by Crippen LogP contribution is -2.30. The Bertz CT molecular complexity index is 539. The SMILES string of the molecule is Cc1c(C(C)NOC(C)(C)C)sc2ccccc12. The summed E-state index contributed by atoms with van der Waals surface area (Å²) in [6.07, 6.45) is 0. The normalized spacial score (nSPS) is 14.1. The van der Waals surface area contributed by atoms with E-state index in [9.17, 15) is 0 Å². The Labute approximate surface area is 113 Å². The zero-order valence-electron chi connectivity index (χ0n) is 11.7. The maximum absolute atomic E-state index is 5.65. The minimum Gasteiger partial charge on any atom is -0.295 e. The smallest absolute Gasteiger partial charge is 0.0813 e. The Morgan fingerprint density at radius 2 is 1.89 bits per heavy atom. The van der Waals surface area contributed by atoms with Crippen LogP contribution in [0.3, 0.4) is 0 Å². The molecule has 0 saturated carbocycles. The highest BCUT2D eigenvalue weighted by atomic mass is 32.1. The van der Waals surface area contributed by atoms with Gasteiger partial charge in [0.2, 0.25) is 0 Å². The van der Waals surface area contributed by atoms with Gasteiger partial charge in [0.05, 0.1) is 11.6 Å². The molecule has 0 spiro atoms. The van der Waals surface area contributed by atoms with Gasteiger partial charge in [0.15, 0.2) is 0 Å². The number of nitrogens with one attached hydrogen (secondary N) is 1. The monoisotopic (exact) mass is 263 g/mol. The van der Waals surface area contributed by atoms with Crippen molar-refractivity contribution in [3.8, 4) is 0 Å². The van der Waals surface area contributed by atoms with Gasteiger partial charge in [-0.15, -0.1) is 11.3 Å². The fourth-order valence-corrected chi connectivity index (χ4v) is 3.13. The summed E-state index contributed by atoms with van der Waals surface area (Å²) in [5.74, 6) is 0. The zero-order valence-corrected chi connectivity index (χ0v) is 12.5. The summed E-state index contributed by atoms with van der Waals surface area (Å²) >= 11 is 1.84. The number of thiophene rings is 1. The third kappa shape index (κ3) is 2.91. The van der Waals surface area contributed by atoms with E-state index in [-0.39, 0.29) is 11.6 Å². The van der Waals surface area contributed by atoms with Gasteiger partial charge in [0, 0.05) is 9.58 Å². The quantitative estimate of drug-likeness (QED) is 0.818. The molecule has 2 nitrogen and oxygen atoms in total. The summed E-state index contributed by atoms with van der Waals surface area (Å²) in [5.41, 5.74) is 4.34. The molecule has 3 heteroatoms. The molecule has 1 atom stereocenters. The van der Waals surface area contributed by atoms with Crippen molar-refractivity contribution in [2.45, 2.75) is 46.3 Å². The summed E-state index contributed by atoms with van der Waals surface area (Å²) in [7, 11) is 0. The van der Waals surface area contributed by atoms with Crippen molar-refractivity contribution in [2.75, 3.05) is 0 Å². The average Bonchev–Trinajstić information content (AvgIpc) is 2.64. The van der Waals surface area contributed by atoms with Crippen LogP contribution >= 0.6 is 11.3 Å². The van der Waals surface area contributed by atoms with E-state index in [1.165, 1.54) is 20.5 Å². The van der Waals surface area contributed by atoms with Crippen LogP contribution in [0.5, 0.6) is 0 Å². The minimum absolute atomic E-state index is 0.168. The highest BCUT2D eigenvalue weighted by molar-refractivity contribution is 7.19. The molecule has 1 unspecified atom stereocenters. The first kappa shape index (κ1) is 13.5. The standard InChI is InChI=1S/C15H21NOS/c1-10-12-8-6-7-9-13(12)18-14(10)11(2)16-17-15(3,4)5/h6-9,11,16H,1-5H3. The van der Waals surface area contributed by atoms with Crippen molar-refractivity contribution in [3.63, 3.8) is 0 Å². The van der Waals surface area contributed by atoms with Crippen molar-refractivity contribution in [1.29, 1.82) is 0 Å². The third-order valence-corrected chi connectivity index (χ3v) is 4.27. The van der Waals surface area contributed by atoms with Crippen molar-refractivity contribution >= 4 is 21.4 Å². The van der Waals surface area contributed by atoms with Gasteiger partial charge in [-0.25, -0.2) is 0 Å². The largest absolute Gasteiger partial charge is 0.295 e. The van der Waals surface area contributed by atoms with E-state index in [1.807, 2.05) is 32.1 Å². The van der Waals surface area contributed by atoms with Crippen LogP contribution in [0.4, 0.5) is 0 Å². The molecule has 2 rings (SSSR count). The van der Waals surface area contributed by atoms with E-state index in [1.54, 1.807) is 0 Å². The highest BCUT2D eigenvalue weighted by Crippen LogP contribution is 2.34. The summed E-state index contributed by atoms with van der Waals surface area (Å²) in [5, 5.41) is 1.35. The Hall–Kier alpha value is -0.900. The van der Waals surface area contributed by atoms with Gasteiger partial charge in [-0.2, -0.15) is 5.48 Å². The van der Waals surface area contributed by atoms with Crippen molar-refractivity contribution in [1.82, 2.24) is 5.48 Å². The molecule has 0 aliphatic rings. The van der Waals surface area contributed by atoms with Gasteiger partial charge in [-0.3, -0.25) is 4.84 Å². The lowest BCUT2D eigenvalue weighted by atomic mass is 10.1. The molecule has 0 fully saturated rings. The van der Waals surface area contributed by atoms with E-state index in [4.69, 9.17) is 4.84 Å². The van der Waals surface area contributed by atoms with E-state index in [0.717, 1.165) is 0 Å². The number of hydrogen-bond acceptors (Lipinski definition) is 3. The fourth-order valence-electron chi connectivity index (χ4n) is 1.93. The van der Waals surface area contributed by atoms with E-state index < -0.39 is 0 Å². The predicted octanol–water partition coefficient (Wildman–Crippen LogP) is 4.59. The van der Waals surface area contributed by atoms with E-state index in [0.29, 0.717) is 0 Å². The number of fused-ring (bicyclic) bond motifs is 1. The molecule has 0 radical (unpaired) electrons. The molecule has 0 aliphatic carbocycles. The molecule has 1 aromatic carbocycles. The van der Waals surface area contributed by atoms with Gasteiger partial charge >= 0.3 is 0 Å². The predicted molar refractivity (Wildman–Crippen MR) is 79.0 cm³/mol. The maximum atomic E-state index is 5.65. The Balaban J connectivity index is 2.23. The van der Waals surface area contributed by atoms with Crippen molar-refractivity contribution < 1.29 is 4.84 Å². The number of benzene rings is 1. The van der Waals surface area contributed by atoms with Gasteiger partial charge in [-0.1, -0.05) is 18.2 Å². The number of hydroxylamine groups is 1. The molecule has 0 saturated heterocycles. The average molecular weight is 263 g/mol. The first-order chi connectivity index (χ1) is 8.38. The molecular weight excluding hydrogens is 242 g/mol.